The van der Waals surface area contributed by atoms with E-state index in [2.05, 4.69) is 13.8 Å². The summed E-state index contributed by atoms with van der Waals surface area (Å²) in [6.07, 6.45) is -0.0662. The fourth-order valence-electron chi connectivity index (χ4n) is 8.34. The Bertz CT molecular complexity index is 967. The maximum absolute atomic E-state index is 13.2. The van der Waals surface area contributed by atoms with Gasteiger partial charge in [-0.3, -0.25) is 14.4 Å². The van der Waals surface area contributed by atoms with Crippen molar-refractivity contribution < 1.29 is 47.9 Å². The van der Waals surface area contributed by atoms with Crippen LogP contribution in [0.4, 0.5) is 0 Å². The second-order valence-electron chi connectivity index (χ2n) is 12.8. The maximum atomic E-state index is 13.2. The van der Waals surface area contributed by atoms with Crippen LogP contribution in [0.1, 0.15) is 73.6 Å². The lowest BCUT2D eigenvalue weighted by molar-refractivity contribution is -0.293. The van der Waals surface area contributed by atoms with Crippen LogP contribution >= 0.6 is 0 Å². The smallest absolute Gasteiger partial charge is 0.308 e. The fourth-order valence-corrected chi connectivity index (χ4v) is 8.34. The lowest BCUT2D eigenvalue weighted by Gasteiger charge is -2.66. The van der Waals surface area contributed by atoms with E-state index in [1.165, 1.54) is 13.8 Å². The normalized spacial score (nSPS) is 47.2. The molecule has 220 valence electrons. The molecule has 3 saturated heterocycles. The Morgan fingerprint density at radius 1 is 1.10 bits per heavy atom. The molecule has 3 heterocycles. The number of fused-ring (bicyclic) bond motifs is 3. The minimum atomic E-state index is -1.16. The summed E-state index contributed by atoms with van der Waals surface area (Å²) in [5.74, 6) is -1.90. The number of aliphatic hydroxyl groups is 1. The molecule has 2 saturated carbocycles. The number of rotatable bonds is 7. The lowest BCUT2D eigenvalue weighted by Crippen LogP contribution is -2.75. The first-order valence-corrected chi connectivity index (χ1v) is 14.5. The number of carbonyl (C=O) groups excluding carboxylic acids is 3. The molecular weight excluding hydrogens is 508 g/mol. The standard InChI is InChI=1S/C29H44O10/c1-7-15(2)25(33)38-20-12-21(32)29(14-36-29)28(13-35-17(4)30)23(37-18(5)31)10-16(3)27(6,24(20)28)22-11-19-8-9-34-26(19)39-22/h15-16,19-24,26,32H,7-14H2,1-6H3. The summed E-state index contributed by atoms with van der Waals surface area (Å²) < 4.78 is 36.6. The van der Waals surface area contributed by atoms with Gasteiger partial charge in [0.15, 0.2) is 6.29 Å². The highest BCUT2D eigenvalue weighted by atomic mass is 16.7. The highest BCUT2D eigenvalue weighted by Crippen LogP contribution is 2.70. The van der Waals surface area contributed by atoms with Crippen LogP contribution in [-0.2, 0) is 42.8 Å². The predicted octanol–water partition coefficient (Wildman–Crippen LogP) is 2.77. The van der Waals surface area contributed by atoms with Gasteiger partial charge in [0.1, 0.15) is 24.4 Å². The molecule has 1 spiro atoms. The highest BCUT2D eigenvalue weighted by Gasteiger charge is 2.81. The van der Waals surface area contributed by atoms with E-state index in [0.29, 0.717) is 19.4 Å². The molecule has 0 bridgehead atoms. The number of aliphatic hydroxyl groups excluding tert-OH is 1. The zero-order valence-electron chi connectivity index (χ0n) is 24.0. The van der Waals surface area contributed by atoms with Gasteiger partial charge in [-0.25, -0.2) is 0 Å². The Kier molecular flexibility index (Phi) is 7.57. The topological polar surface area (TPSA) is 130 Å². The number of epoxide rings is 1. The minimum absolute atomic E-state index is 0.0306. The summed E-state index contributed by atoms with van der Waals surface area (Å²) in [7, 11) is 0. The SMILES string of the molecule is CCC(C)C(=O)OC1CC(O)C2(CO2)C2(COC(C)=O)C(OC(C)=O)CC(C)C(C)(C3CC4CCOC4O3)C12. The van der Waals surface area contributed by atoms with Crippen LogP contribution in [0.15, 0.2) is 0 Å². The Balaban J connectivity index is 1.67. The van der Waals surface area contributed by atoms with Crippen molar-refractivity contribution in [3.8, 4) is 0 Å². The van der Waals surface area contributed by atoms with Crippen molar-refractivity contribution in [1.29, 1.82) is 0 Å². The number of esters is 3. The van der Waals surface area contributed by atoms with Crippen LogP contribution in [0.25, 0.3) is 0 Å². The van der Waals surface area contributed by atoms with Crippen LogP contribution in [0, 0.1) is 34.5 Å². The van der Waals surface area contributed by atoms with Crippen LogP contribution in [-0.4, -0.2) is 79.1 Å². The molecule has 0 aromatic carbocycles. The first-order chi connectivity index (χ1) is 18.4. The average Bonchev–Trinajstić information content (AvgIpc) is 3.38. The van der Waals surface area contributed by atoms with Gasteiger partial charge >= 0.3 is 17.9 Å². The Morgan fingerprint density at radius 2 is 1.82 bits per heavy atom. The molecule has 39 heavy (non-hydrogen) atoms. The van der Waals surface area contributed by atoms with E-state index >= 15 is 0 Å². The van der Waals surface area contributed by atoms with E-state index in [-0.39, 0.29) is 55.8 Å². The molecule has 10 nitrogen and oxygen atoms in total. The number of carbonyl (C=O) groups is 3. The van der Waals surface area contributed by atoms with E-state index in [0.717, 1.165) is 12.8 Å². The molecule has 12 atom stereocenters. The number of hydrogen-bond acceptors (Lipinski definition) is 10. The number of hydrogen-bond donors (Lipinski definition) is 1. The van der Waals surface area contributed by atoms with Gasteiger partial charge in [0.05, 0.1) is 36.8 Å². The molecule has 3 aliphatic heterocycles. The summed E-state index contributed by atoms with van der Waals surface area (Å²) in [4.78, 5) is 38.0. The third-order valence-electron chi connectivity index (χ3n) is 10.8. The quantitative estimate of drug-likeness (QED) is 0.286. The zero-order valence-corrected chi connectivity index (χ0v) is 24.0. The van der Waals surface area contributed by atoms with Crippen molar-refractivity contribution in [2.45, 2.75) is 110 Å². The summed E-state index contributed by atoms with van der Waals surface area (Å²) in [5.41, 5.74) is -2.88. The van der Waals surface area contributed by atoms with Crippen LogP contribution < -0.4 is 0 Å². The Labute approximate surface area is 230 Å². The molecule has 0 aromatic heterocycles. The first-order valence-electron chi connectivity index (χ1n) is 14.5. The van der Waals surface area contributed by atoms with Crippen molar-refractivity contribution in [1.82, 2.24) is 0 Å². The second kappa shape index (κ2) is 10.3. The average molecular weight is 553 g/mol. The molecular formula is C29H44O10. The molecule has 0 amide bonds. The molecule has 1 N–H and O–H groups in total. The van der Waals surface area contributed by atoms with Crippen LogP contribution in [0.2, 0.25) is 0 Å². The number of ether oxygens (including phenoxy) is 6. The van der Waals surface area contributed by atoms with Crippen molar-refractivity contribution in [3.63, 3.8) is 0 Å². The minimum Gasteiger partial charge on any atom is -0.465 e. The largest absolute Gasteiger partial charge is 0.465 e. The van der Waals surface area contributed by atoms with Gasteiger partial charge in [0, 0.05) is 37.5 Å². The summed E-state index contributed by atoms with van der Waals surface area (Å²) in [5, 5.41) is 11.6. The van der Waals surface area contributed by atoms with Crippen LogP contribution in [0.5, 0.6) is 0 Å². The van der Waals surface area contributed by atoms with Gasteiger partial charge in [0.2, 0.25) is 0 Å². The Hall–Kier alpha value is -1.75. The third-order valence-corrected chi connectivity index (χ3v) is 10.8. The molecule has 12 unspecified atom stereocenters. The van der Waals surface area contributed by atoms with E-state index in [4.69, 9.17) is 28.4 Å². The maximum Gasteiger partial charge on any atom is 0.308 e. The van der Waals surface area contributed by atoms with E-state index in [9.17, 15) is 19.5 Å². The van der Waals surface area contributed by atoms with Crippen molar-refractivity contribution in [3.05, 3.63) is 0 Å². The second-order valence-corrected chi connectivity index (χ2v) is 12.8. The van der Waals surface area contributed by atoms with Crippen molar-refractivity contribution in [2.75, 3.05) is 19.8 Å². The van der Waals surface area contributed by atoms with E-state index in [1.807, 2.05) is 13.8 Å². The molecule has 10 heteroatoms. The summed E-state index contributed by atoms with van der Waals surface area (Å²) >= 11 is 0. The van der Waals surface area contributed by atoms with Gasteiger partial charge in [0.25, 0.3) is 0 Å². The van der Waals surface area contributed by atoms with Crippen molar-refractivity contribution in [2.24, 2.45) is 34.5 Å². The molecule has 5 fully saturated rings. The van der Waals surface area contributed by atoms with Gasteiger partial charge in [-0.2, -0.15) is 0 Å². The predicted molar refractivity (Wildman–Crippen MR) is 136 cm³/mol. The summed E-state index contributed by atoms with van der Waals surface area (Å²) in [6.45, 7) is 11.4. The molecule has 2 aliphatic carbocycles. The first kappa shape index (κ1) is 28.8. The molecule has 5 aliphatic rings. The Morgan fingerprint density at radius 3 is 2.41 bits per heavy atom. The van der Waals surface area contributed by atoms with Gasteiger partial charge in [-0.05, 0) is 31.6 Å². The highest BCUT2D eigenvalue weighted by molar-refractivity contribution is 5.72. The van der Waals surface area contributed by atoms with Gasteiger partial charge in [-0.15, -0.1) is 0 Å². The van der Waals surface area contributed by atoms with E-state index in [1.54, 1.807) is 0 Å². The van der Waals surface area contributed by atoms with Gasteiger partial charge in [-0.1, -0.05) is 27.7 Å². The summed E-state index contributed by atoms with van der Waals surface area (Å²) in [6, 6.07) is 0. The zero-order chi connectivity index (χ0) is 28.3. The fraction of sp³-hybridized carbons (Fsp3) is 0.897. The van der Waals surface area contributed by atoms with Crippen LogP contribution in [0.3, 0.4) is 0 Å². The molecule has 0 aromatic rings. The molecule has 5 rings (SSSR count). The lowest BCUT2D eigenvalue weighted by atomic mass is 9.41. The van der Waals surface area contributed by atoms with Gasteiger partial charge < -0.3 is 33.5 Å². The van der Waals surface area contributed by atoms with Crippen molar-refractivity contribution >= 4 is 17.9 Å². The molecule has 0 radical (unpaired) electrons. The van der Waals surface area contributed by atoms with E-state index < -0.39 is 52.6 Å². The monoisotopic (exact) mass is 552 g/mol. The third kappa shape index (κ3) is 4.41.